The molecule has 0 radical (unpaired) electrons. The number of carbonyl (C=O) groups excluding carboxylic acids is 1. The monoisotopic (exact) mass is 415 g/mol. The molecule has 8 nitrogen and oxygen atoms in total. The van der Waals surface area contributed by atoms with Crippen molar-refractivity contribution in [1.82, 2.24) is 24.1 Å². The van der Waals surface area contributed by atoms with Crippen LogP contribution in [0.2, 0.25) is 0 Å². The molecule has 5 aromatic heterocycles. The SMILES string of the molecule is Cc1ccc2nc(COC(=O)c3cc(-c4ccco4)nc4c3cnn4C(C)C)cn2c1. The predicted octanol–water partition coefficient (Wildman–Crippen LogP) is 4.59. The molecule has 0 saturated heterocycles. The van der Waals surface area contributed by atoms with Gasteiger partial charge in [-0.1, -0.05) is 6.07 Å². The molecular weight excluding hydrogens is 394 g/mol. The normalized spacial score (nSPS) is 11.6. The molecule has 8 heteroatoms. The minimum atomic E-state index is -0.461. The Kier molecular flexibility index (Phi) is 4.54. The van der Waals surface area contributed by atoms with Crippen LogP contribution in [0.3, 0.4) is 0 Å². The number of furan rings is 1. The highest BCUT2D eigenvalue weighted by Crippen LogP contribution is 2.27. The number of ether oxygens (including phenoxy) is 1. The topological polar surface area (TPSA) is 87.4 Å². The number of imidazole rings is 1. The van der Waals surface area contributed by atoms with Gasteiger partial charge in [-0.25, -0.2) is 19.4 Å². The summed E-state index contributed by atoms with van der Waals surface area (Å²) in [4.78, 5) is 22.2. The van der Waals surface area contributed by atoms with Crippen molar-refractivity contribution in [3.63, 3.8) is 0 Å². The van der Waals surface area contributed by atoms with Crippen molar-refractivity contribution in [3.05, 3.63) is 72.0 Å². The van der Waals surface area contributed by atoms with Crippen LogP contribution in [0.15, 0.2) is 59.6 Å². The number of pyridine rings is 2. The van der Waals surface area contributed by atoms with Gasteiger partial charge in [-0.3, -0.25) is 0 Å². The van der Waals surface area contributed by atoms with Gasteiger partial charge in [0.25, 0.3) is 0 Å². The van der Waals surface area contributed by atoms with Crippen LogP contribution in [-0.4, -0.2) is 30.1 Å². The summed E-state index contributed by atoms with van der Waals surface area (Å²) in [7, 11) is 0. The lowest BCUT2D eigenvalue weighted by Gasteiger charge is -2.09. The van der Waals surface area contributed by atoms with Crippen LogP contribution < -0.4 is 0 Å². The van der Waals surface area contributed by atoms with Gasteiger partial charge in [0.05, 0.1) is 29.1 Å². The second-order valence-corrected chi connectivity index (χ2v) is 7.73. The lowest BCUT2D eigenvalue weighted by atomic mass is 10.1. The number of aryl methyl sites for hydroxylation is 1. The molecule has 0 saturated carbocycles. The fourth-order valence-corrected chi connectivity index (χ4v) is 3.56. The van der Waals surface area contributed by atoms with E-state index < -0.39 is 5.97 Å². The zero-order valence-electron chi connectivity index (χ0n) is 17.4. The fraction of sp³-hybridized carbons (Fsp3) is 0.217. The molecule has 5 aromatic rings. The highest BCUT2D eigenvalue weighted by molar-refractivity contribution is 6.03. The van der Waals surface area contributed by atoms with Gasteiger partial charge >= 0.3 is 5.97 Å². The second kappa shape index (κ2) is 7.39. The number of rotatable bonds is 5. The zero-order chi connectivity index (χ0) is 21.5. The first-order valence-electron chi connectivity index (χ1n) is 10.0. The van der Waals surface area contributed by atoms with Crippen LogP contribution in [0.5, 0.6) is 0 Å². The molecule has 0 aliphatic rings. The van der Waals surface area contributed by atoms with Crippen LogP contribution >= 0.6 is 0 Å². The Morgan fingerprint density at radius 1 is 1.19 bits per heavy atom. The van der Waals surface area contributed by atoms with Crippen molar-refractivity contribution in [2.24, 2.45) is 0 Å². The number of esters is 1. The minimum absolute atomic E-state index is 0.0672. The standard InChI is InChI=1S/C23H21N5O3/c1-14(2)28-22-18(10-24-28)17(9-19(26-22)20-5-4-8-30-20)23(29)31-13-16-12-27-11-15(3)6-7-21(27)25-16/h4-12,14H,13H2,1-3H3. The zero-order valence-corrected chi connectivity index (χ0v) is 17.4. The van der Waals surface area contributed by atoms with Crippen molar-refractivity contribution < 1.29 is 13.9 Å². The second-order valence-electron chi connectivity index (χ2n) is 7.73. The molecule has 0 unspecified atom stereocenters. The Bertz CT molecular complexity index is 1400. The Morgan fingerprint density at radius 2 is 2.06 bits per heavy atom. The lowest BCUT2D eigenvalue weighted by Crippen LogP contribution is -2.08. The van der Waals surface area contributed by atoms with E-state index in [9.17, 15) is 4.79 Å². The van der Waals surface area contributed by atoms with Gasteiger partial charge in [0.1, 0.15) is 17.9 Å². The number of hydrogen-bond acceptors (Lipinski definition) is 6. The molecule has 0 aliphatic heterocycles. The summed E-state index contributed by atoms with van der Waals surface area (Å²) in [5, 5.41) is 5.05. The average Bonchev–Trinajstić information content (AvgIpc) is 3.49. The molecule has 0 aliphatic carbocycles. The van der Waals surface area contributed by atoms with Crippen molar-refractivity contribution in [2.75, 3.05) is 0 Å². The van der Waals surface area contributed by atoms with Gasteiger partial charge in [-0.05, 0) is 50.6 Å². The summed E-state index contributed by atoms with van der Waals surface area (Å²) >= 11 is 0. The Hall–Kier alpha value is -3.94. The number of nitrogens with zero attached hydrogens (tertiary/aromatic N) is 5. The summed E-state index contributed by atoms with van der Waals surface area (Å²) in [6.07, 6.45) is 7.07. The average molecular weight is 415 g/mol. The maximum absolute atomic E-state index is 13.0. The van der Waals surface area contributed by atoms with E-state index in [1.54, 1.807) is 35.3 Å². The molecule has 31 heavy (non-hydrogen) atoms. The number of carbonyl (C=O) groups is 1. The summed E-state index contributed by atoms with van der Waals surface area (Å²) in [6, 6.07) is 9.28. The molecule has 156 valence electrons. The van der Waals surface area contributed by atoms with Gasteiger partial charge in [0.2, 0.25) is 0 Å². The quantitative estimate of drug-likeness (QED) is 0.390. The molecule has 5 rings (SSSR count). The highest BCUT2D eigenvalue weighted by atomic mass is 16.5. The molecule has 0 fully saturated rings. The van der Waals surface area contributed by atoms with Gasteiger partial charge < -0.3 is 13.6 Å². The number of fused-ring (bicyclic) bond motifs is 2. The van der Waals surface area contributed by atoms with E-state index in [4.69, 9.17) is 9.15 Å². The maximum atomic E-state index is 13.0. The van der Waals surface area contributed by atoms with Crippen LogP contribution in [0.25, 0.3) is 28.1 Å². The molecule has 0 aromatic carbocycles. The first-order chi connectivity index (χ1) is 15.0. The number of aromatic nitrogens is 5. The smallest absolute Gasteiger partial charge is 0.339 e. The van der Waals surface area contributed by atoms with Crippen molar-refractivity contribution in [2.45, 2.75) is 33.4 Å². The third-order valence-electron chi connectivity index (χ3n) is 5.05. The fourth-order valence-electron chi connectivity index (χ4n) is 3.56. The summed E-state index contributed by atoms with van der Waals surface area (Å²) < 4.78 is 14.8. The molecule has 5 heterocycles. The van der Waals surface area contributed by atoms with E-state index in [0.29, 0.717) is 33.7 Å². The van der Waals surface area contributed by atoms with E-state index in [1.807, 2.05) is 49.7 Å². The molecule has 0 amide bonds. The van der Waals surface area contributed by atoms with Crippen LogP contribution in [0.1, 0.15) is 41.5 Å². The predicted molar refractivity (Wildman–Crippen MR) is 115 cm³/mol. The van der Waals surface area contributed by atoms with E-state index in [-0.39, 0.29) is 12.6 Å². The summed E-state index contributed by atoms with van der Waals surface area (Å²) in [5.74, 6) is 0.111. The van der Waals surface area contributed by atoms with Crippen LogP contribution in [0.4, 0.5) is 0 Å². The molecule has 0 spiro atoms. The third-order valence-corrected chi connectivity index (χ3v) is 5.05. The summed E-state index contributed by atoms with van der Waals surface area (Å²) in [5.41, 5.74) is 4.16. The first-order valence-corrected chi connectivity index (χ1v) is 10.0. The van der Waals surface area contributed by atoms with Gasteiger partial charge in [-0.15, -0.1) is 0 Å². The Morgan fingerprint density at radius 3 is 2.84 bits per heavy atom. The third kappa shape index (κ3) is 3.46. The number of hydrogen-bond donors (Lipinski definition) is 0. The van der Waals surface area contributed by atoms with Gasteiger partial charge in [0.15, 0.2) is 11.4 Å². The molecular formula is C23H21N5O3. The maximum Gasteiger partial charge on any atom is 0.339 e. The van der Waals surface area contributed by atoms with Gasteiger partial charge in [-0.2, -0.15) is 5.10 Å². The van der Waals surface area contributed by atoms with Crippen LogP contribution in [-0.2, 0) is 11.3 Å². The molecule has 0 atom stereocenters. The minimum Gasteiger partial charge on any atom is -0.463 e. The first kappa shape index (κ1) is 19.0. The van der Waals surface area contributed by atoms with E-state index in [2.05, 4.69) is 15.1 Å². The Balaban J connectivity index is 1.49. The van der Waals surface area contributed by atoms with E-state index in [1.165, 1.54) is 0 Å². The van der Waals surface area contributed by atoms with Crippen LogP contribution in [0, 0.1) is 6.92 Å². The highest BCUT2D eigenvalue weighted by Gasteiger charge is 2.20. The van der Waals surface area contributed by atoms with Crippen molar-refractivity contribution in [1.29, 1.82) is 0 Å². The van der Waals surface area contributed by atoms with Crippen molar-refractivity contribution >= 4 is 22.6 Å². The lowest BCUT2D eigenvalue weighted by molar-refractivity contribution is 0.0470. The van der Waals surface area contributed by atoms with E-state index >= 15 is 0 Å². The molecule has 0 bridgehead atoms. The van der Waals surface area contributed by atoms with E-state index in [0.717, 1.165) is 11.2 Å². The summed E-state index contributed by atoms with van der Waals surface area (Å²) in [6.45, 7) is 6.10. The van der Waals surface area contributed by atoms with Crippen molar-refractivity contribution in [3.8, 4) is 11.5 Å². The van der Waals surface area contributed by atoms with Gasteiger partial charge in [0, 0.05) is 18.4 Å². The Labute approximate surface area is 178 Å². The largest absolute Gasteiger partial charge is 0.463 e. The molecule has 0 N–H and O–H groups in total.